The van der Waals surface area contributed by atoms with Crippen LogP contribution < -0.4 is 10.6 Å². The molecule has 0 saturated heterocycles. The number of thiophene rings is 1. The fraction of sp³-hybridized carbons (Fsp3) is 0.235. The zero-order valence-electron chi connectivity index (χ0n) is 13.4. The minimum atomic E-state index is -0.228. The maximum absolute atomic E-state index is 11.9. The van der Waals surface area contributed by atoms with Crippen molar-refractivity contribution in [2.45, 2.75) is 26.3 Å². The summed E-state index contributed by atoms with van der Waals surface area (Å²) < 4.78 is 5.30. The van der Waals surface area contributed by atoms with E-state index in [1.54, 1.807) is 11.3 Å². The van der Waals surface area contributed by atoms with Gasteiger partial charge in [0, 0.05) is 22.7 Å². The minimum Gasteiger partial charge on any atom is -0.335 e. The third-order valence-electron chi connectivity index (χ3n) is 3.56. The zero-order chi connectivity index (χ0) is 16.9. The van der Waals surface area contributed by atoms with Crippen molar-refractivity contribution in [1.82, 2.24) is 15.5 Å². The van der Waals surface area contributed by atoms with Gasteiger partial charge in [0.25, 0.3) is 5.89 Å². The Kier molecular flexibility index (Phi) is 4.90. The van der Waals surface area contributed by atoms with Gasteiger partial charge in [0.15, 0.2) is 0 Å². The summed E-state index contributed by atoms with van der Waals surface area (Å²) in [6, 6.07) is 9.18. The van der Waals surface area contributed by atoms with Crippen molar-refractivity contribution in [3.05, 3.63) is 41.1 Å². The van der Waals surface area contributed by atoms with Crippen LogP contribution in [0.4, 0.5) is 10.5 Å². The van der Waals surface area contributed by atoms with E-state index in [-0.39, 0.29) is 12.1 Å². The van der Waals surface area contributed by atoms with E-state index in [0.717, 1.165) is 17.5 Å². The van der Waals surface area contributed by atoms with Crippen molar-refractivity contribution in [2.75, 3.05) is 5.32 Å². The van der Waals surface area contributed by atoms with Crippen molar-refractivity contribution in [1.29, 1.82) is 0 Å². The molecule has 0 spiro atoms. The third kappa shape index (κ3) is 3.80. The van der Waals surface area contributed by atoms with Crippen LogP contribution in [0.2, 0.25) is 0 Å². The van der Waals surface area contributed by atoms with Gasteiger partial charge in [-0.25, -0.2) is 4.79 Å². The first kappa shape index (κ1) is 16.2. The molecule has 3 rings (SSSR count). The Morgan fingerprint density at radius 3 is 2.96 bits per heavy atom. The van der Waals surface area contributed by atoms with Gasteiger partial charge in [0.05, 0.1) is 5.56 Å². The number of carbonyl (C=O) groups is 1. The van der Waals surface area contributed by atoms with Crippen LogP contribution in [0.15, 0.2) is 45.6 Å². The summed E-state index contributed by atoms with van der Waals surface area (Å²) in [6.45, 7) is 3.98. The van der Waals surface area contributed by atoms with E-state index in [1.165, 1.54) is 0 Å². The number of hydrogen-bond donors (Lipinski definition) is 2. The van der Waals surface area contributed by atoms with Gasteiger partial charge < -0.3 is 15.2 Å². The molecule has 3 aromatic rings. The molecule has 0 aliphatic rings. The number of nitrogens with one attached hydrogen (secondary N) is 2. The Labute approximate surface area is 143 Å². The van der Waals surface area contributed by atoms with Gasteiger partial charge in [-0.2, -0.15) is 16.3 Å². The fourth-order valence-electron chi connectivity index (χ4n) is 2.07. The minimum absolute atomic E-state index is 0.124. The molecule has 7 heteroatoms. The molecule has 0 unspecified atom stereocenters. The molecule has 2 N–H and O–H groups in total. The van der Waals surface area contributed by atoms with E-state index in [2.05, 4.69) is 20.8 Å². The second-order valence-corrected chi connectivity index (χ2v) is 6.20. The highest BCUT2D eigenvalue weighted by molar-refractivity contribution is 7.08. The SMILES string of the molecule is CC[C@@H](C)NC(=O)Nc1cccc(-c2noc(-c3ccsc3)n2)c1. The molecule has 0 fully saturated rings. The van der Waals surface area contributed by atoms with Crippen LogP contribution in [0.5, 0.6) is 0 Å². The first-order valence-corrected chi connectivity index (χ1v) is 8.64. The summed E-state index contributed by atoms with van der Waals surface area (Å²) in [7, 11) is 0. The molecular formula is C17H18N4O2S. The summed E-state index contributed by atoms with van der Waals surface area (Å²) in [6.07, 6.45) is 0.877. The van der Waals surface area contributed by atoms with Crippen LogP contribution in [0.25, 0.3) is 22.8 Å². The number of benzene rings is 1. The molecule has 0 bridgehead atoms. The third-order valence-corrected chi connectivity index (χ3v) is 4.25. The molecule has 2 aromatic heterocycles. The predicted octanol–water partition coefficient (Wildman–Crippen LogP) is 4.39. The van der Waals surface area contributed by atoms with Crippen molar-refractivity contribution in [2.24, 2.45) is 0 Å². The van der Waals surface area contributed by atoms with Gasteiger partial charge in [0.2, 0.25) is 5.82 Å². The number of aromatic nitrogens is 2. The summed E-state index contributed by atoms with van der Waals surface area (Å²) in [5.74, 6) is 0.973. The van der Waals surface area contributed by atoms with E-state index >= 15 is 0 Å². The molecule has 0 aliphatic carbocycles. The Bertz CT molecular complexity index is 814. The van der Waals surface area contributed by atoms with Crippen molar-refractivity contribution >= 4 is 23.1 Å². The molecule has 0 saturated carbocycles. The molecule has 24 heavy (non-hydrogen) atoms. The maximum Gasteiger partial charge on any atom is 0.319 e. The smallest absolute Gasteiger partial charge is 0.319 e. The number of urea groups is 1. The van der Waals surface area contributed by atoms with Crippen LogP contribution in [-0.2, 0) is 0 Å². The van der Waals surface area contributed by atoms with Crippen LogP contribution >= 0.6 is 11.3 Å². The Hall–Kier alpha value is -2.67. The number of rotatable bonds is 5. The predicted molar refractivity (Wildman–Crippen MR) is 95.0 cm³/mol. The number of amides is 2. The summed E-state index contributed by atoms with van der Waals surface area (Å²) in [5.41, 5.74) is 2.36. The lowest BCUT2D eigenvalue weighted by atomic mass is 10.2. The lowest BCUT2D eigenvalue weighted by Gasteiger charge is -2.12. The van der Waals surface area contributed by atoms with Gasteiger partial charge in [-0.1, -0.05) is 24.2 Å². The highest BCUT2D eigenvalue weighted by Gasteiger charge is 2.12. The van der Waals surface area contributed by atoms with E-state index < -0.39 is 0 Å². The monoisotopic (exact) mass is 342 g/mol. The first-order valence-electron chi connectivity index (χ1n) is 7.70. The summed E-state index contributed by atoms with van der Waals surface area (Å²) in [4.78, 5) is 16.3. The number of anilines is 1. The number of carbonyl (C=O) groups excluding carboxylic acids is 1. The average Bonchev–Trinajstić information content (AvgIpc) is 3.26. The lowest BCUT2D eigenvalue weighted by molar-refractivity contribution is 0.249. The van der Waals surface area contributed by atoms with Crippen molar-refractivity contribution < 1.29 is 9.32 Å². The molecule has 1 aromatic carbocycles. The Balaban J connectivity index is 1.75. The number of hydrogen-bond acceptors (Lipinski definition) is 5. The maximum atomic E-state index is 11.9. The van der Waals surface area contributed by atoms with Crippen LogP contribution in [0.1, 0.15) is 20.3 Å². The molecule has 2 amide bonds. The van der Waals surface area contributed by atoms with Crippen LogP contribution in [-0.4, -0.2) is 22.2 Å². The van der Waals surface area contributed by atoms with Crippen molar-refractivity contribution in [3.8, 4) is 22.8 Å². The van der Waals surface area contributed by atoms with Gasteiger partial charge in [-0.3, -0.25) is 0 Å². The summed E-state index contributed by atoms with van der Waals surface area (Å²) >= 11 is 1.57. The van der Waals surface area contributed by atoms with Crippen LogP contribution in [0, 0.1) is 0 Å². The molecule has 6 nitrogen and oxygen atoms in total. The second kappa shape index (κ2) is 7.27. The molecular weight excluding hydrogens is 324 g/mol. The Morgan fingerprint density at radius 2 is 2.21 bits per heavy atom. The van der Waals surface area contributed by atoms with E-state index in [0.29, 0.717) is 17.4 Å². The van der Waals surface area contributed by atoms with E-state index in [4.69, 9.17) is 4.52 Å². The van der Waals surface area contributed by atoms with Gasteiger partial charge in [0.1, 0.15) is 0 Å². The molecule has 1 atom stereocenters. The van der Waals surface area contributed by atoms with E-state index in [1.807, 2.05) is 54.9 Å². The molecule has 0 aliphatic heterocycles. The van der Waals surface area contributed by atoms with Crippen molar-refractivity contribution in [3.63, 3.8) is 0 Å². The quantitative estimate of drug-likeness (QED) is 0.721. The first-order chi connectivity index (χ1) is 11.7. The fourth-order valence-corrected chi connectivity index (χ4v) is 2.70. The number of nitrogens with zero attached hydrogens (tertiary/aromatic N) is 2. The van der Waals surface area contributed by atoms with Gasteiger partial charge in [-0.05, 0) is 36.9 Å². The highest BCUT2D eigenvalue weighted by atomic mass is 32.1. The standard InChI is InChI=1S/C17H18N4O2S/c1-3-11(2)18-17(22)19-14-6-4-5-12(9-14)15-20-16(23-21-15)13-7-8-24-10-13/h4-11H,3H2,1-2H3,(H2,18,19,22)/t11-/m1/s1. The Morgan fingerprint density at radius 1 is 1.33 bits per heavy atom. The zero-order valence-corrected chi connectivity index (χ0v) is 14.3. The summed E-state index contributed by atoms with van der Waals surface area (Å²) in [5, 5.41) is 13.6. The highest BCUT2D eigenvalue weighted by Crippen LogP contribution is 2.25. The topological polar surface area (TPSA) is 80.0 Å². The average molecular weight is 342 g/mol. The van der Waals surface area contributed by atoms with Crippen LogP contribution in [0.3, 0.4) is 0 Å². The molecule has 0 radical (unpaired) electrons. The van der Waals surface area contributed by atoms with E-state index in [9.17, 15) is 4.79 Å². The lowest BCUT2D eigenvalue weighted by Crippen LogP contribution is -2.35. The normalized spacial score (nSPS) is 11.9. The van der Waals surface area contributed by atoms with Gasteiger partial charge >= 0.3 is 6.03 Å². The molecule has 124 valence electrons. The van der Waals surface area contributed by atoms with Gasteiger partial charge in [-0.15, -0.1) is 0 Å². The molecule has 2 heterocycles. The largest absolute Gasteiger partial charge is 0.335 e. The second-order valence-electron chi connectivity index (χ2n) is 5.42.